The molecule has 1 aromatic carbocycles. The second kappa shape index (κ2) is 8.50. The van der Waals surface area contributed by atoms with E-state index in [1.54, 1.807) is 21.6 Å². The van der Waals surface area contributed by atoms with Crippen LogP contribution in [0.15, 0.2) is 30.5 Å². The van der Waals surface area contributed by atoms with Gasteiger partial charge in [0.1, 0.15) is 17.7 Å². The number of nitrogens with two attached hydrogens (primary N) is 1. The van der Waals surface area contributed by atoms with Gasteiger partial charge in [-0.3, -0.25) is 9.36 Å². The molecule has 1 aliphatic carbocycles. The van der Waals surface area contributed by atoms with E-state index in [4.69, 9.17) is 15.7 Å². The first kappa shape index (κ1) is 22.0. The standard InChI is InChI=1S/C24H22F2N6O2/c1-34-23-19(26)9-17(11-29-23)32-21(13-2-3-13)20(24(33)31-7-6-16(28)12-31)30-22(32)14-4-5-15(10-27)18(25)8-14/h4-5,8-9,11,13,16H,2-3,6-7,12,28H2,1H3/t16-/m1/s1. The van der Waals surface area contributed by atoms with Crippen molar-refractivity contribution in [3.05, 3.63) is 59.0 Å². The molecule has 3 aromatic rings. The number of amides is 1. The average molecular weight is 464 g/mol. The zero-order valence-corrected chi connectivity index (χ0v) is 18.5. The molecule has 8 nitrogen and oxygen atoms in total. The Labute approximate surface area is 194 Å². The smallest absolute Gasteiger partial charge is 0.274 e. The van der Waals surface area contributed by atoms with E-state index in [9.17, 15) is 13.6 Å². The lowest BCUT2D eigenvalue weighted by Crippen LogP contribution is -2.32. The lowest BCUT2D eigenvalue weighted by atomic mass is 10.1. The van der Waals surface area contributed by atoms with Crippen LogP contribution in [-0.4, -0.2) is 51.6 Å². The summed E-state index contributed by atoms with van der Waals surface area (Å²) in [6, 6.07) is 7.07. The minimum atomic E-state index is -0.708. The molecule has 1 saturated carbocycles. The number of carbonyl (C=O) groups is 1. The van der Waals surface area contributed by atoms with Crippen LogP contribution in [0.3, 0.4) is 0 Å². The number of methoxy groups -OCH3 is 1. The SMILES string of the molecule is COc1ncc(-n2c(-c3ccc(C#N)c(F)c3)nc(C(=O)N3CC[C@@H](N)C3)c2C2CC2)cc1F. The Bertz CT molecular complexity index is 1330. The van der Waals surface area contributed by atoms with Gasteiger partial charge in [-0.25, -0.2) is 18.7 Å². The fraction of sp³-hybridized carbons (Fsp3) is 0.333. The van der Waals surface area contributed by atoms with Crippen LogP contribution in [0.25, 0.3) is 17.1 Å². The maximum atomic E-state index is 14.6. The molecule has 0 spiro atoms. The van der Waals surface area contributed by atoms with Gasteiger partial charge in [-0.05, 0) is 37.5 Å². The van der Waals surface area contributed by atoms with E-state index in [1.807, 2.05) is 0 Å². The number of ether oxygens (including phenoxy) is 1. The number of pyridine rings is 1. The van der Waals surface area contributed by atoms with Crippen LogP contribution in [-0.2, 0) is 0 Å². The molecule has 3 heterocycles. The minimum Gasteiger partial charge on any atom is -0.479 e. The lowest BCUT2D eigenvalue weighted by Gasteiger charge is -2.16. The van der Waals surface area contributed by atoms with Crippen molar-refractivity contribution in [3.63, 3.8) is 0 Å². The van der Waals surface area contributed by atoms with Crippen LogP contribution in [0, 0.1) is 23.0 Å². The third-order valence-corrected chi connectivity index (χ3v) is 6.18. The summed E-state index contributed by atoms with van der Waals surface area (Å²) in [5.74, 6) is -1.49. The molecule has 2 N–H and O–H groups in total. The number of hydrogen-bond donors (Lipinski definition) is 1. The highest BCUT2D eigenvalue weighted by atomic mass is 19.1. The predicted molar refractivity (Wildman–Crippen MR) is 118 cm³/mol. The molecule has 2 aliphatic rings. The highest BCUT2D eigenvalue weighted by Gasteiger charge is 2.38. The Balaban J connectivity index is 1.73. The quantitative estimate of drug-likeness (QED) is 0.621. The van der Waals surface area contributed by atoms with Gasteiger partial charge in [-0.2, -0.15) is 5.26 Å². The summed E-state index contributed by atoms with van der Waals surface area (Å²) in [6.45, 7) is 0.950. The summed E-state index contributed by atoms with van der Waals surface area (Å²) >= 11 is 0. The van der Waals surface area contributed by atoms with Crippen LogP contribution in [0.4, 0.5) is 8.78 Å². The van der Waals surface area contributed by atoms with Gasteiger partial charge in [0.05, 0.1) is 30.3 Å². The van der Waals surface area contributed by atoms with Crippen molar-refractivity contribution < 1.29 is 18.3 Å². The molecule has 10 heteroatoms. The summed E-state index contributed by atoms with van der Waals surface area (Å²) in [6.07, 6.45) is 3.82. The molecule has 1 amide bonds. The molecule has 1 aliphatic heterocycles. The summed E-state index contributed by atoms with van der Waals surface area (Å²) in [5, 5.41) is 9.10. The molecule has 1 saturated heterocycles. The summed E-state index contributed by atoms with van der Waals surface area (Å²) in [5.41, 5.74) is 7.47. The number of likely N-dealkylation sites (tertiary alicyclic amines) is 1. The fourth-order valence-electron chi connectivity index (χ4n) is 4.33. The molecule has 5 rings (SSSR count). The molecule has 1 atom stereocenters. The topological polar surface area (TPSA) is 110 Å². The van der Waals surface area contributed by atoms with Crippen molar-refractivity contribution in [2.45, 2.75) is 31.2 Å². The second-order valence-electron chi connectivity index (χ2n) is 8.57. The first-order valence-corrected chi connectivity index (χ1v) is 11.0. The minimum absolute atomic E-state index is 0.0462. The monoisotopic (exact) mass is 464 g/mol. The van der Waals surface area contributed by atoms with E-state index < -0.39 is 11.6 Å². The van der Waals surface area contributed by atoms with Crippen LogP contribution in [0.1, 0.15) is 46.9 Å². The van der Waals surface area contributed by atoms with E-state index in [0.29, 0.717) is 36.5 Å². The zero-order chi connectivity index (χ0) is 24.0. The van der Waals surface area contributed by atoms with Gasteiger partial charge in [0.15, 0.2) is 11.5 Å². The predicted octanol–water partition coefficient (Wildman–Crippen LogP) is 3.14. The number of hydrogen-bond acceptors (Lipinski definition) is 6. The van der Waals surface area contributed by atoms with Crippen molar-refractivity contribution in [2.75, 3.05) is 20.2 Å². The third kappa shape index (κ3) is 3.78. The van der Waals surface area contributed by atoms with Gasteiger partial charge in [-0.1, -0.05) is 0 Å². The number of aromatic nitrogens is 3. The molecule has 0 unspecified atom stereocenters. The van der Waals surface area contributed by atoms with Crippen molar-refractivity contribution in [1.82, 2.24) is 19.4 Å². The largest absolute Gasteiger partial charge is 0.479 e. The molecule has 2 fully saturated rings. The van der Waals surface area contributed by atoms with E-state index in [2.05, 4.69) is 9.97 Å². The maximum absolute atomic E-state index is 14.6. The Morgan fingerprint density at radius 1 is 1.24 bits per heavy atom. The van der Waals surface area contributed by atoms with Crippen molar-refractivity contribution in [3.8, 4) is 29.0 Å². The third-order valence-electron chi connectivity index (χ3n) is 6.18. The normalized spacial score (nSPS) is 17.6. The van der Waals surface area contributed by atoms with Crippen LogP contribution >= 0.6 is 0 Å². The van der Waals surface area contributed by atoms with E-state index in [-0.39, 0.29) is 40.8 Å². The Morgan fingerprint density at radius 3 is 2.62 bits per heavy atom. The van der Waals surface area contributed by atoms with Gasteiger partial charge in [0, 0.05) is 36.7 Å². The number of nitriles is 1. The van der Waals surface area contributed by atoms with Gasteiger partial charge in [0.2, 0.25) is 5.88 Å². The Morgan fingerprint density at radius 2 is 2.03 bits per heavy atom. The van der Waals surface area contributed by atoms with Gasteiger partial charge < -0.3 is 15.4 Å². The van der Waals surface area contributed by atoms with Gasteiger partial charge >= 0.3 is 0 Å². The molecule has 0 radical (unpaired) electrons. The van der Waals surface area contributed by atoms with Gasteiger partial charge in [0.25, 0.3) is 5.91 Å². The van der Waals surface area contributed by atoms with Crippen LogP contribution in [0.5, 0.6) is 5.88 Å². The number of nitrogens with zero attached hydrogens (tertiary/aromatic N) is 5. The molecular formula is C24H22F2N6O2. The number of rotatable bonds is 5. The number of carbonyl (C=O) groups excluding carboxylic acids is 1. The summed E-state index contributed by atoms with van der Waals surface area (Å²) in [4.78, 5) is 23.8. The number of imidazole rings is 1. The van der Waals surface area contributed by atoms with E-state index >= 15 is 0 Å². The van der Waals surface area contributed by atoms with Crippen molar-refractivity contribution in [2.24, 2.45) is 5.73 Å². The first-order chi connectivity index (χ1) is 16.4. The number of halogens is 2. The van der Waals surface area contributed by atoms with Gasteiger partial charge in [-0.15, -0.1) is 0 Å². The molecule has 34 heavy (non-hydrogen) atoms. The van der Waals surface area contributed by atoms with Crippen LogP contribution in [0.2, 0.25) is 0 Å². The van der Waals surface area contributed by atoms with Crippen molar-refractivity contribution >= 4 is 5.91 Å². The number of benzene rings is 1. The first-order valence-electron chi connectivity index (χ1n) is 11.0. The summed E-state index contributed by atoms with van der Waals surface area (Å²) < 4.78 is 35.8. The highest BCUT2D eigenvalue weighted by Crippen LogP contribution is 2.45. The molecule has 2 aromatic heterocycles. The van der Waals surface area contributed by atoms with E-state index in [1.165, 1.54) is 31.5 Å². The van der Waals surface area contributed by atoms with E-state index in [0.717, 1.165) is 12.8 Å². The fourth-order valence-corrected chi connectivity index (χ4v) is 4.33. The maximum Gasteiger partial charge on any atom is 0.274 e. The van der Waals surface area contributed by atoms with Crippen molar-refractivity contribution in [1.29, 1.82) is 5.26 Å². The Hall–Kier alpha value is -3.84. The highest BCUT2D eigenvalue weighted by molar-refractivity contribution is 5.95. The summed E-state index contributed by atoms with van der Waals surface area (Å²) in [7, 11) is 1.32. The molecule has 174 valence electrons. The Kier molecular flexibility index (Phi) is 5.49. The average Bonchev–Trinajstić information content (AvgIpc) is 3.45. The lowest BCUT2D eigenvalue weighted by molar-refractivity contribution is 0.0784. The molecular weight excluding hydrogens is 442 g/mol. The second-order valence-corrected chi connectivity index (χ2v) is 8.57. The zero-order valence-electron chi connectivity index (χ0n) is 18.5. The van der Waals surface area contributed by atoms with Crippen LogP contribution < -0.4 is 10.5 Å². The molecule has 0 bridgehead atoms.